The molecular weight excluding hydrogens is 206 g/mol. The van der Waals surface area contributed by atoms with Crippen molar-refractivity contribution in [2.45, 2.75) is 64.8 Å². The molecule has 4 fully saturated rings. The lowest BCUT2D eigenvalue weighted by molar-refractivity contribution is -0.107. The second-order valence-corrected chi connectivity index (χ2v) is 7.37. The Bertz CT molecular complexity index is 269. The Balaban J connectivity index is 1.81. The molecule has 4 aliphatic carbocycles. The van der Waals surface area contributed by atoms with Crippen LogP contribution in [0.25, 0.3) is 0 Å². The molecule has 0 heterocycles. The average Bonchev–Trinajstić information content (AvgIpc) is 2.27. The Morgan fingerprint density at radius 2 is 1.82 bits per heavy atom. The molecule has 1 heteroatoms. The topological polar surface area (TPSA) is 12.0 Å². The summed E-state index contributed by atoms with van der Waals surface area (Å²) in [5.41, 5.74) is 0.787. The SMILES string of the molecule is CCCC12CC3CC(C1)C(C(C)NC)C(C3)C2. The maximum absolute atomic E-state index is 3.54. The van der Waals surface area contributed by atoms with Gasteiger partial charge in [-0.2, -0.15) is 0 Å². The summed E-state index contributed by atoms with van der Waals surface area (Å²) in [5.74, 6) is 4.19. The van der Waals surface area contributed by atoms with Crippen LogP contribution in [0.4, 0.5) is 0 Å². The fourth-order valence-electron chi connectivity index (χ4n) is 6.08. The van der Waals surface area contributed by atoms with Crippen LogP contribution in [0.2, 0.25) is 0 Å². The highest BCUT2D eigenvalue weighted by atomic mass is 14.9. The van der Waals surface area contributed by atoms with Gasteiger partial charge in [-0.05, 0) is 81.6 Å². The third-order valence-electron chi connectivity index (χ3n) is 6.29. The summed E-state index contributed by atoms with van der Waals surface area (Å²) < 4.78 is 0. The number of hydrogen-bond donors (Lipinski definition) is 1. The molecule has 0 aromatic heterocycles. The lowest BCUT2D eigenvalue weighted by atomic mass is 9.44. The van der Waals surface area contributed by atoms with Crippen molar-refractivity contribution in [2.24, 2.45) is 29.1 Å². The van der Waals surface area contributed by atoms with Gasteiger partial charge in [0.15, 0.2) is 0 Å². The van der Waals surface area contributed by atoms with E-state index in [2.05, 4.69) is 26.2 Å². The highest BCUT2D eigenvalue weighted by Gasteiger charge is 2.55. The van der Waals surface area contributed by atoms with Crippen LogP contribution in [-0.2, 0) is 0 Å². The molecule has 4 rings (SSSR count). The summed E-state index contributed by atoms with van der Waals surface area (Å²) in [4.78, 5) is 0. The van der Waals surface area contributed by atoms with Crippen molar-refractivity contribution in [2.75, 3.05) is 7.05 Å². The van der Waals surface area contributed by atoms with Crippen molar-refractivity contribution in [3.63, 3.8) is 0 Å². The summed E-state index contributed by atoms with van der Waals surface area (Å²) in [5, 5.41) is 3.54. The van der Waals surface area contributed by atoms with Crippen molar-refractivity contribution < 1.29 is 0 Å². The second-order valence-electron chi connectivity index (χ2n) is 7.37. The maximum Gasteiger partial charge on any atom is 0.00693 e. The molecule has 0 spiro atoms. The first-order valence-electron chi connectivity index (χ1n) is 7.85. The fraction of sp³-hybridized carbons (Fsp3) is 1.00. The van der Waals surface area contributed by atoms with Crippen molar-refractivity contribution >= 4 is 0 Å². The molecule has 3 unspecified atom stereocenters. The number of rotatable bonds is 4. The van der Waals surface area contributed by atoms with Gasteiger partial charge in [0, 0.05) is 6.04 Å². The molecular formula is C16H29N. The monoisotopic (exact) mass is 235 g/mol. The van der Waals surface area contributed by atoms with E-state index in [0.717, 1.165) is 35.1 Å². The lowest BCUT2D eigenvalue weighted by Crippen LogP contribution is -2.55. The third kappa shape index (κ3) is 1.85. The van der Waals surface area contributed by atoms with Gasteiger partial charge in [-0.25, -0.2) is 0 Å². The van der Waals surface area contributed by atoms with Crippen molar-refractivity contribution in [1.29, 1.82) is 0 Å². The molecule has 0 radical (unpaired) electrons. The molecule has 1 N–H and O–H groups in total. The van der Waals surface area contributed by atoms with E-state index in [9.17, 15) is 0 Å². The molecule has 4 bridgehead atoms. The fourth-order valence-corrected chi connectivity index (χ4v) is 6.08. The van der Waals surface area contributed by atoms with Crippen LogP contribution in [0, 0.1) is 29.1 Å². The van der Waals surface area contributed by atoms with Gasteiger partial charge in [0.05, 0.1) is 0 Å². The van der Waals surface area contributed by atoms with Gasteiger partial charge in [-0.1, -0.05) is 13.3 Å². The smallest absolute Gasteiger partial charge is 0.00693 e. The minimum absolute atomic E-state index is 0.740. The van der Waals surface area contributed by atoms with Crippen LogP contribution in [0.1, 0.15) is 58.8 Å². The van der Waals surface area contributed by atoms with E-state index in [0.29, 0.717) is 0 Å². The first kappa shape index (κ1) is 12.0. The zero-order valence-corrected chi connectivity index (χ0v) is 11.8. The Morgan fingerprint density at radius 3 is 2.35 bits per heavy atom. The summed E-state index contributed by atoms with van der Waals surface area (Å²) in [6.07, 6.45) is 10.7. The minimum atomic E-state index is 0.740. The van der Waals surface area contributed by atoms with Crippen LogP contribution in [0.5, 0.6) is 0 Å². The first-order chi connectivity index (χ1) is 8.17. The molecule has 0 amide bonds. The summed E-state index contributed by atoms with van der Waals surface area (Å²) in [6.45, 7) is 4.80. The summed E-state index contributed by atoms with van der Waals surface area (Å²) in [6, 6.07) is 0.740. The summed E-state index contributed by atoms with van der Waals surface area (Å²) in [7, 11) is 2.15. The quantitative estimate of drug-likeness (QED) is 0.781. The Morgan fingerprint density at radius 1 is 1.18 bits per heavy atom. The van der Waals surface area contributed by atoms with Crippen LogP contribution in [-0.4, -0.2) is 13.1 Å². The molecule has 4 saturated carbocycles. The Labute approximate surface area is 107 Å². The number of nitrogens with one attached hydrogen (secondary N) is 1. The van der Waals surface area contributed by atoms with Gasteiger partial charge in [0.1, 0.15) is 0 Å². The van der Waals surface area contributed by atoms with Crippen LogP contribution >= 0.6 is 0 Å². The highest BCUT2D eigenvalue weighted by molar-refractivity contribution is 5.06. The second kappa shape index (κ2) is 4.26. The highest BCUT2D eigenvalue weighted by Crippen LogP contribution is 2.64. The van der Waals surface area contributed by atoms with Gasteiger partial charge < -0.3 is 5.32 Å². The van der Waals surface area contributed by atoms with E-state index in [-0.39, 0.29) is 0 Å². The van der Waals surface area contributed by atoms with E-state index in [4.69, 9.17) is 0 Å². The first-order valence-corrected chi connectivity index (χ1v) is 7.85. The van der Waals surface area contributed by atoms with Crippen molar-refractivity contribution in [3.05, 3.63) is 0 Å². The van der Waals surface area contributed by atoms with Gasteiger partial charge >= 0.3 is 0 Å². The van der Waals surface area contributed by atoms with E-state index >= 15 is 0 Å². The van der Waals surface area contributed by atoms with Crippen molar-refractivity contribution in [1.82, 2.24) is 5.32 Å². The molecule has 1 nitrogen and oxygen atoms in total. The van der Waals surface area contributed by atoms with Gasteiger partial charge in [0.25, 0.3) is 0 Å². The predicted molar refractivity (Wildman–Crippen MR) is 72.9 cm³/mol. The van der Waals surface area contributed by atoms with Gasteiger partial charge in [-0.3, -0.25) is 0 Å². The van der Waals surface area contributed by atoms with Gasteiger partial charge in [0.2, 0.25) is 0 Å². The third-order valence-corrected chi connectivity index (χ3v) is 6.29. The zero-order chi connectivity index (χ0) is 12.0. The zero-order valence-electron chi connectivity index (χ0n) is 11.8. The molecule has 0 aromatic rings. The normalized spacial score (nSPS) is 49.6. The average molecular weight is 235 g/mol. The Kier molecular flexibility index (Phi) is 3.01. The molecule has 17 heavy (non-hydrogen) atoms. The minimum Gasteiger partial charge on any atom is -0.317 e. The lowest BCUT2D eigenvalue weighted by Gasteiger charge is -2.61. The molecule has 0 aliphatic heterocycles. The standard InChI is InChI=1S/C16H29N/c1-4-5-16-8-12-6-13(9-16)15(11(2)17-3)14(7-12)10-16/h11-15,17H,4-10H2,1-3H3. The van der Waals surface area contributed by atoms with E-state index < -0.39 is 0 Å². The van der Waals surface area contributed by atoms with E-state index in [1.54, 1.807) is 32.1 Å². The molecule has 0 saturated heterocycles. The van der Waals surface area contributed by atoms with Crippen LogP contribution < -0.4 is 5.32 Å². The predicted octanol–water partition coefficient (Wildman–Crippen LogP) is 3.84. The molecule has 0 aromatic carbocycles. The number of hydrogen-bond acceptors (Lipinski definition) is 1. The molecule has 98 valence electrons. The van der Waals surface area contributed by atoms with E-state index in [1.165, 1.54) is 12.8 Å². The van der Waals surface area contributed by atoms with Crippen LogP contribution in [0.15, 0.2) is 0 Å². The molecule has 3 atom stereocenters. The van der Waals surface area contributed by atoms with E-state index in [1.807, 2.05) is 0 Å². The Hall–Kier alpha value is -0.0400. The maximum atomic E-state index is 3.54. The molecule has 4 aliphatic rings. The summed E-state index contributed by atoms with van der Waals surface area (Å²) >= 11 is 0. The van der Waals surface area contributed by atoms with Gasteiger partial charge in [-0.15, -0.1) is 0 Å². The van der Waals surface area contributed by atoms with Crippen LogP contribution in [0.3, 0.4) is 0 Å². The van der Waals surface area contributed by atoms with Crippen molar-refractivity contribution in [3.8, 4) is 0 Å². The largest absolute Gasteiger partial charge is 0.317 e.